The topological polar surface area (TPSA) is 99.0 Å². The van der Waals surface area contributed by atoms with Gasteiger partial charge in [0, 0.05) is 31.0 Å². The Morgan fingerprint density at radius 1 is 0.810 bits per heavy atom. The van der Waals surface area contributed by atoms with Crippen molar-refractivity contribution in [3.05, 3.63) is 108 Å². The molecule has 0 saturated carbocycles. The number of fused-ring (bicyclic) bond motifs is 1. The molecule has 1 spiro atoms. The third-order valence-corrected chi connectivity index (χ3v) is 8.53. The van der Waals surface area contributed by atoms with E-state index < -0.39 is 11.4 Å². The summed E-state index contributed by atoms with van der Waals surface area (Å²) in [5.74, 6) is -0.797. The fraction of sp³-hybridized carbons (Fsp3) is 0.265. The number of amides is 3. The number of anilines is 2. The molecular weight excluding hydrogens is 526 g/mol. The fourth-order valence-corrected chi connectivity index (χ4v) is 6.42. The van der Waals surface area contributed by atoms with Gasteiger partial charge in [0.15, 0.2) is 0 Å². The second-order valence-corrected chi connectivity index (χ2v) is 11.2. The molecule has 2 fully saturated rings. The van der Waals surface area contributed by atoms with Gasteiger partial charge in [-0.2, -0.15) is 0 Å². The molecule has 0 aromatic heterocycles. The number of likely N-dealkylation sites (tertiary alicyclic amines) is 1. The highest BCUT2D eigenvalue weighted by molar-refractivity contribution is 6.00. The molecule has 2 saturated heterocycles. The van der Waals surface area contributed by atoms with Crippen molar-refractivity contribution in [1.29, 1.82) is 0 Å². The first-order chi connectivity index (χ1) is 20.4. The largest absolute Gasteiger partial charge is 0.369 e. The first-order valence-electron chi connectivity index (χ1n) is 14.4. The molecule has 0 aliphatic carbocycles. The number of hydrogen-bond donors (Lipinski definition) is 2. The summed E-state index contributed by atoms with van der Waals surface area (Å²) in [6.45, 7) is 2.64. The van der Waals surface area contributed by atoms with Crippen LogP contribution in [0.1, 0.15) is 24.0 Å². The Morgan fingerprint density at radius 2 is 1.48 bits per heavy atom. The van der Waals surface area contributed by atoms with Crippen LogP contribution in [0.2, 0.25) is 0 Å². The quantitative estimate of drug-likeness (QED) is 0.337. The van der Waals surface area contributed by atoms with Gasteiger partial charge in [-0.15, -0.1) is 0 Å². The van der Waals surface area contributed by atoms with Crippen molar-refractivity contribution in [2.24, 2.45) is 5.73 Å². The Labute approximate surface area is 245 Å². The molecule has 0 atom stereocenters. The van der Waals surface area contributed by atoms with E-state index >= 15 is 0 Å². The monoisotopic (exact) mass is 561 g/mol. The molecule has 2 aliphatic heterocycles. The fourth-order valence-electron chi connectivity index (χ4n) is 6.42. The zero-order valence-corrected chi connectivity index (χ0v) is 23.5. The molecule has 3 amide bonds. The number of para-hydroxylation sites is 2. The summed E-state index contributed by atoms with van der Waals surface area (Å²) in [6.07, 6.45) is 1.37. The maximum atomic E-state index is 14.1. The zero-order chi connectivity index (χ0) is 29.1. The number of benzene rings is 4. The summed E-state index contributed by atoms with van der Waals surface area (Å²) in [4.78, 5) is 45.1. The molecule has 4 aromatic carbocycles. The zero-order valence-electron chi connectivity index (χ0n) is 23.5. The third kappa shape index (κ3) is 5.45. The highest BCUT2D eigenvalue weighted by Crippen LogP contribution is 2.40. The van der Waals surface area contributed by atoms with Crippen molar-refractivity contribution in [1.82, 2.24) is 9.80 Å². The van der Waals surface area contributed by atoms with Crippen LogP contribution in [0.4, 0.5) is 11.4 Å². The number of hydrogen-bond acceptors (Lipinski definition) is 5. The molecular formula is C34H35N5O3. The van der Waals surface area contributed by atoms with Gasteiger partial charge >= 0.3 is 0 Å². The van der Waals surface area contributed by atoms with Crippen LogP contribution in [0.15, 0.2) is 97.1 Å². The second kappa shape index (κ2) is 11.7. The van der Waals surface area contributed by atoms with Crippen LogP contribution in [0.3, 0.4) is 0 Å². The van der Waals surface area contributed by atoms with Crippen LogP contribution in [0.5, 0.6) is 0 Å². The van der Waals surface area contributed by atoms with E-state index in [0.717, 1.165) is 25.3 Å². The normalized spacial score (nSPS) is 16.7. The minimum atomic E-state index is -0.708. The lowest BCUT2D eigenvalue weighted by Crippen LogP contribution is -2.56. The van der Waals surface area contributed by atoms with Gasteiger partial charge in [-0.1, -0.05) is 78.9 Å². The van der Waals surface area contributed by atoms with Gasteiger partial charge in [0.25, 0.3) is 0 Å². The van der Waals surface area contributed by atoms with Crippen LogP contribution in [-0.4, -0.2) is 59.4 Å². The molecule has 8 heteroatoms. The summed E-state index contributed by atoms with van der Waals surface area (Å²) in [6, 6.07) is 32.0. The average Bonchev–Trinajstić information content (AvgIpc) is 3.26. The second-order valence-electron chi connectivity index (χ2n) is 11.2. The number of carbonyl (C=O) groups excluding carboxylic acids is 3. The standard InChI is InChI=1S/C34H35N5O3/c35-31(40)21-26-10-5-7-16-30(26)36-32(41)23-38-24-39(28-13-2-1-3-14-28)34(33(38)42)17-19-37(20-18-34)22-27-12-8-11-25-9-4-6-15-29(25)27/h1-16H,17-24H2,(H2,35,40)(H,36,41). The number of nitrogens with two attached hydrogens (primary N) is 1. The van der Waals surface area contributed by atoms with Crippen LogP contribution >= 0.6 is 0 Å². The maximum Gasteiger partial charge on any atom is 0.250 e. The number of nitrogens with one attached hydrogen (secondary N) is 1. The highest BCUT2D eigenvalue weighted by atomic mass is 16.2. The summed E-state index contributed by atoms with van der Waals surface area (Å²) < 4.78 is 0. The maximum absolute atomic E-state index is 14.1. The first-order valence-corrected chi connectivity index (χ1v) is 14.4. The highest BCUT2D eigenvalue weighted by Gasteiger charge is 2.54. The number of carbonyl (C=O) groups is 3. The molecule has 0 unspecified atom stereocenters. The van der Waals surface area contributed by atoms with Gasteiger partial charge < -0.3 is 20.9 Å². The van der Waals surface area contributed by atoms with E-state index in [4.69, 9.17) is 5.73 Å². The molecule has 214 valence electrons. The lowest BCUT2D eigenvalue weighted by molar-refractivity contribution is -0.136. The van der Waals surface area contributed by atoms with E-state index in [1.807, 2.05) is 30.3 Å². The van der Waals surface area contributed by atoms with E-state index in [0.29, 0.717) is 30.8 Å². The van der Waals surface area contributed by atoms with Crippen molar-refractivity contribution < 1.29 is 14.4 Å². The number of nitrogens with zero attached hydrogens (tertiary/aromatic N) is 3. The van der Waals surface area contributed by atoms with Gasteiger partial charge in [0.1, 0.15) is 12.1 Å². The Balaban J connectivity index is 1.19. The lowest BCUT2D eigenvalue weighted by atomic mass is 9.85. The van der Waals surface area contributed by atoms with Crippen LogP contribution in [-0.2, 0) is 27.3 Å². The van der Waals surface area contributed by atoms with Gasteiger partial charge in [-0.25, -0.2) is 0 Å². The van der Waals surface area contributed by atoms with Crippen LogP contribution in [0.25, 0.3) is 10.8 Å². The van der Waals surface area contributed by atoms with Crippen molar-refractivity contribution in [3.63, 3.8) is 0 Å². The number of rotatable bonds is 8. The van der Waals surface area contributed by atoms with Crippen molar-refractivity contribution in [2.75, 3.05) is 36.5 Å². The van der Waals surface area contributed by atoms with Gasteiger partial charge in [-0.05, 0) is 52.9 Å². The SMILES string of the molecule is NC(=O)Cc1ccccc1NC(=O)CN1CN(c2ccccc2)C2(CCN(Cc3cccc4ccccc34)CC2)C1=O. The summed E-state index contributed by atoms with van der Waals surface area (Å²) in [7, 11) is 0. The minimum Gasteiger partial charge on any atom is -0.369 e. The number of primary amides is 1. The average molecular weight is 562 g/mol. The van der Waals surface area contributed by atoms with E-state index in [9.17, 15) is 14.4 Å². The summed E-state index contributed by atoms with van der Waals surface area (Å²) >= 11 is 0. The Bertz CT molecular complexity index is 1610. The predicted molar refractivity (Wildman–Crippen MR) is 165 cm³/mol. The predicted octanol–water partition coefficient (Wildman–Crippen LogP) is 4.15. The molecule has 2 aliphatic rings. The Hall–Kier alpha value is -4.69. The van der Waals surface area contributed by atoms with Crippen molar-refractivity contribution in [3.8, 4) is 0 Å². The van der Waals surface area contributed by atoms with E-state index in [1.54, 1.807) is 29.2 Å². The van der Waals surface area contributed by atoms with Gasteiger partial charge in [0.2, 0.25) is 17.7 Å². The van der Waals surface area contributed by atoms with Crippen molar-refractivity contribution >= 4 is 39.9 Å². The molecule has 0 bridgehead atoms. The molecule has 4 aromatic rings. The van der Waals surface area contributed by atoms with E-state index in [-0.39, 0.29) is 24.8 Å². The Morgan fingerprint density at radius 3 is 2.26 bits per heavy atom. The van der Waals surface area contributed by atoms with E-state index in [2.05, 4.69) is 57.6 Å². The molecule has 42 heavy (non-hydrogen) atoms. The summed E-state index contributed by atoms with van der Waals surface area (Å²) in [5.41, 5.74) is 8.12. The smallest absolute Gasteiger partial charge is 0.250 e. The first kappa shape index (κ1) is 27.5. The minimum absolute atomic E-state index is 0.0169. The van der Waals surface area contributed by atoms with Crippen molar-refractivity contribution in [2.45, 2.75) is 31.3 Å². The lowest BCUT2D eigenvalue weighted by Gasteiger charge is -2.43. The molecule has 6 rings (SSSR count). The Kier molecular flexibility index (Phi) is 7.63. The molecule has 2 heterocycles. The molecule has 0 radical (unpaired) electrons. The summed E-state index contributed by atoms with van der Waals surface area (Å²) in [5, 5.41) is 5.38. The van der Waals surface area contributed by atoms with Gasteiger partial charge in [-0.3, -0.25) is 19.3 Å². The number of piperidine rings is 1. The molecule has 3 N–H and O–H groups in total. The van der Waals surface area contributed by atoms with Gasteiger partial charge in [0.05, 0.1) is 13.1 Å². The van der Waals surface area contributed by atoms with Crippen LogP contribution < -0.4 is 16.0 Å². The molecule has 8 nitrogen and oxygen atoms in total. The van der Waals surface area contributed by atoms with E-state index in [1.165, 1.54) is 16.3 Å². The third-order valence-electron chi connectivity index (χ3n) is 8.53. The van der Waals surface area contributed by atoms with Crippen LogP contribution in [0, 0.1) is 0 Å².